The first kappa shape index (κ1) is 20.0. The van der Waals surface area contributed by atoms with Gasteiger partial charge in [-0.25, -0.2) is 15.0 Å². The Labute approximate surface area is 185 Å². The van der Waals surface area contributed by atoms with Crippen molar-refractivity contribution >= 4 is 5.95 Å². The first-order chi connectivity index (χ1) is 15.7. The van der Waals surface area contributed by atoms with Crippen LogP contribution in [0.1, 0.15) is 11.7 Å². The summed E-state index contributed by atoms with van der Waals surface area (Å²) in [5.74, 6) is 0.602. The molecule has 3 aromatic heterocycles. The van der Waals surface area contributed by atoms with E-state index in [0.29, 0.717) is 37.0 Å². The Morgan fingerprint density at radius 3 is 2.62 bits per heavy atom. The summed E-state index contributed by atoms with van der Waals surface area (Å²) < 4.78 is 7.67. The van der Waals surface area contributed by atoms with Gasteiger partial charge in [0.25, 0.3) is 5.56 Å². The SMILES string of the molecule is Cn1c(N2CCOC(c3cccc(-c4ccncc4)c3)C2)nc(-c2ccncn2)cc1=O. The van der Waals surface area contributed by atoms with Gasteiger partial charge in [0.1, 0.15) is 12.4 Å². The highest BCUT2D eigenvalue weighted by atomic mass is 16.5. The zero-order valence-corrected chi connectivity index (χ0v) is 17.6. The Morgan fingerprint density at radius 2 is 1.81 bits per heavy atom. The molecule has 0 radical (unpaired) electrons. The molecule has 1 aromatic carbocycles. The van der Waals surface area contributed by atoms with E-state index in [1.807, 2.05) is 18.2 Å². The molecule has 1 fully saturated rings. The Balaban J connectivity index is 1.45. The summed E-state index contributed by atoms with van der Waals surface area (Å²) in [5, 5.41) is 0. The number of ether oxygens (including phenoxy) is 1. The van der Waals surface area contributed by atoms with Crippen LogP contribution in [-0.4, -0.2) is 44.2 Å². The van der Waals surface area contributed by atoms with Crippen LogP contribution in [0.3, 0.4) is 0 Å². The molecule has 0 spiro atoms. The first-order valence-electron chi connectivity index (χ1n) is 10.4. The molecule has 1 atom stereocenters. The zero-order chi connectivity index (χ0) is 21.9. The second-order valence-corrected chi connectivity index (χ2v) is 7.60. The van der Waals surface area contributed by atoms with Crippen molar-refractivity contribution in [3.05, 3.63) is 89.4 Å². The molecule has 0 bridgehead atoms. The van der Waals surface area contributed by atoms with Crippen molar-refractivity contribution in [3.63, 3.8) is 0 Å². The summed E-state index contributed by atoms with van der Waals surface area (Å²) in [6.45, 7) is 1.78. The lowest BCUT2D eigenvalue weighted by Gasteiger charge is -2.34. The predicted octanol–water partition coefficient (Wildman–Crippen LogP) is 2.88. The van der Waals surface area contributed by atoms with Gasteiger partial charge in [0.15, 0.2) is 0 Å². The summed E-state index contributed by atoms with van der Waals surface area (Å²) in [6, 6.07) is 15.6. The standard InChI is InChI=1S/C24H22N6O2/c1-29-23(31)14-21(20-7-10-26-16-27-20)28-24(29)30-11-12-32-22(15-30)19-4-2-3-18(13-19)17-5-8-25-9-6-17/h2-10,13-14,16,22H,11-12,15H2,1H3. The Kier molecular flexibility index (Phi) is 5.43. The van der Waals surface area contributed by atoms with Gasteiger partial charge in [0.2, 0.25) is 5.95 Å². The highest BCUT2D eigenvalue weighted by Gasteiger charge is 2.25. The lowest BCUT2D eigenvalue weighted by molar-refractivity contribution is 0.0390. The number of hydrogen-bond acceptors (Lipinski definition) is 7. The number of morpholine rings is 1. The molecular weight excluding hydrogens is 404 g/mol. The normalized spacial score (nSPS) is 16.2. The maximum absolute atomic E-state index is 12.6. The summed E-state index contributed by atoms with van der Waals surface area (Å²) in [7, 11) is 1.74. The van der Waals surface area contributed by atoms with Gasteiger partial charge < -0.3 is 9.64 Å². The van der Waals surface area contributed by atoms with E-state index >= 15 is 0 Å². The molecule has 4 aromatic rings. The van der Waals surface area contributed by atoms with Crippen LogP contribution in [0.4, 0.5) is 5.95 Å². The highest BCUT2D eigenvalue weighted by molar-refractivity contribution is 5.63. The monoisotopic (exact) mass is 426 g/mol. The lowest BCUT2D eigenvalue weighted by atomic mass is 10.0. The Bertz CT molecular complexity index is 1280. The minimum absolute atomic E-state index is 0.133. The summed E-state index contributed by atoms with van der Waals surface area (Å²) in [4.78, 5) is 31.8. The molecule has 32 heavy (non-hydrogen) atoms. The van der Waals surface area contributed by atoms with Crippen LogP contribution < -0.4 is 10.5 Å². The smallest absolute Gasteiger partial charge is 0.255 e. The topological polar surface area (TPSA) is 86.0 Å². The van der Waals surface area contributed by atoms with Crippen LogP contribution in [0.25, 0.3) is 22.5 Å². The number of anilines is 1. The molecule has 8 heteroatoms. The van der Waals surface area contributed by atoms with Crippen molar-refractivity contribution in [3.8, 4) is 22.5 Å². The first-order valence-corrected chi connectivity index (χ1v) is 10.4. The molecule has 1 aliphatic rings. The zero-order valence-electron chi connectivity index (χ0n) is 17.6. The van der Waals surface area contributed by atoms with Crippen molar-refractivity contribution in [2.75, 3.05) is 24.6 Å². The maximum Gasteiger partial charge on any atom is 0.255 e. The minimum Gasteiger partial charge on any atom is -0.370 e. The van der Waals surface area contributed by atoms with E-state index in [0.717, 1.165) is 16.7 Å². The molecule has 1 aliphatic heterocycles. The van der Waals surface area contributed by atoms with Gasteiger partial charge in [-0.2, -0.15) is 0 Å². The number of aromatic nitrogens is 5. The predicted molar refractivity (Wildman–Crippen MR) is 121 cm³/mol. The van der Waals surface area contributed by atoms with Crippen LogP contribution >= 0.6 is 0 Å². The second kappa shape index (κ2) is 8.68. The van der Waals surface area contributed by atoms with Crippen LogP contribution in [0, 0.1) is 0 Å². The summed E-state index contributed by atoms with van der Waals surface area (Å²) in [6.07, 6.45) is 6.54. The summed E-state index contributed by atoms with van der Waals surface area (Å²) in [5.41, 5.74) is 4.33. The van der Waals surface area contributed by atoms with Crippen molar-refractivity contribution in [1.82, 2.24) is 24.5 Å². The van der Waals surface area contributed by atoms with E-state index in [4.69, 9.17) is 9.72 Å². The largest absolute Gasteiger partial charge is 0.370 e. The van der Waals surface area contributed by atoms with Crippen molar-refractivity contribution in [2.45, 2.75) is 6.10 Å². The number of nitrogens with zero attached hydrogens (tertiary/aromatic N) is 6. The molecule has 0 saturated carbocycles. The molecular formula is C24H22N6O2. The average Bonchev–Trinajstić information content (AvgIpc) is 2.87. The van der Waals surface area contributed by atoms with Gasteiger partial charge in [-0.15, -0.1) is 0 Å². The van der Waals surface area contributed by atoms with Gasteiger partial charge in [0, 0.05) is 38.2 Å². The van der Waals surface area contributed by atoms with Gasteiger partial charge in [0.05, 0.1) is 24.5 Å². The van der Waals surface area contributed by atoms with Gasteiger partial charge in [-0.3, -0.25) is 14.3 Å². The molecule has 0 amide bonds. The van der Waals surface area contributed by atoms with E-state index in [-0.39, 0.29) is 11.7 Å². The molecule has 4 heterocycles. The summed E-state index contributed by atoms with van der Waals surface area (Å²) >= 11 is 0. The molecule has 5 rings (SSSR count). The lowest BCUT2D eigenvalue weighted by Crippen LogP contribution is -2.41. The van der Waals surface area contributed by atoms with Crippen molar-refractivity contribution < 1.29 is 4.74 Å². The minimum atomic E-state index is -0.134. The fourth-order valence-corrected chi connectivity index (χ4v) is 3.88. The van der Waals surface area contributed by atoms with E-state index in [1.165, 1.54) is 12.4 Å². The second-order valence-electron chi connectivity index (χ2n) is 7.60. The highest BCUT2D eigenvalue weighted by Crippen LogP contribution is 2.28. The molecule has 160 valence electrons. The van der Waals surface area contributed by atoms with Crippen LogP contribution in [0.15, 0.2) is 78.2 Å². The van der Waals surface area contributed by atoms with Crippen molar-refractivity contribution in [1.29, 1.82) is 0 Å². The number of pyridine rings is 1. The Morgan fingerprint density at radius 1 is 0.969 bits per heavy atom. The van der Waals surface area contributed by atoms with Gasteiger partial charge in [-0.1, -0.05) is 18.2 Å². The Hall–Kier alpha value is -3.91. The number of benzene rings is 1. The third kappa shape index (κ3) is 4.00. The maximum atomic E-state index is 12.6. The van der Waals surface area contributed by atoms with Crippen LogP contribution in [0.5, 0.6) is 0 Å². The quantitative estimate of drug-likeness (QED) is 0.496. The van der Waals surface area contributed by atoms with E-state index in [2.05, 4.69) is 38.1 Å². The van der Waals surface area contributed by atoms with Gasteiger partial charge >= 0.3 is 0 Å². The molecule has 8 nitrogen and oxygen atoms in total. The molecule has 1 saturated heterocycles. The van der Waals surface area contributed by atoms with Crippen LogP contribution in [0.2, 0.25) is 0 Å². The fraction of sp³-hybridized carbons (Fsp3) is 0.208. The third-order valence-electron chi connectivity index (χ3n) is 5.58. The van der Waals surface area contributed by atoms with E-state index in [9.17, 15) is 4.79 Å². The van der Waals surface area contributed by atoms with E-state index in [1.54, 1.807) is 36.3 Å². The molecule has 0 N–H and O–H groups in total. The van der Waals surface area contributed by atoms with Gasteiger partial charge in [-0.05, 0) is 41.0 Å². The van der Waals surface area contributed by atoms with Crippen LogP contribution in [-0.2, 0) is 11.8 Å². The third-order valence-corrected chi connectivity index (χ3v) is 5.58. The molecule has 0 aliphatic carbocycles. The average molecular weight is 426 g/mol. The number of hydrogen-bond donors (Lipinski definition) is 0. The number of rotatable bonds is 4. The van der Waals surface area contributed by atoms with Crippen molar-refractivity contribution in [2.24, 2.45) is 7.05 Å². The van der Waals surface area contributed by atoms with E-state index < -0.39 is 0 Å². The fourth-order valence-electron chi connectivity index (χ4n) is 3.88. The molecule has 1 unspecified atom stereocenters.